The maximum absolute atomic E-state index is 3.64. The van der Waals surface area contributed by atoms with E-state index in [1.165, 1.54) is 17.0 Å². The van der Waals surface area contributed by atoms with Gasteiger partial charge in [-0.05, 0) is 11.0 Å². The van der Waals surface area contributed by atoms with Crippen molar-refractivity contribution >= 4 is 0 Å². The van der Waals surface area contributed by atoms with Crippen LogP contribution in [0.15, 0.2) is 12.1 Å². The Morgan fingerprint density at radius 2 is 0.944 bits per heavy atom. The fourth-order valence-electron chi connectivity index (χ4n) is 1.81. The molecule has 1 aromatic rings. The van der Waals surface area contributed by atoms with E-state index in [0.29, 0.717) is 0 Å². The third-order valence-corrected chi connectivity index (χ3v) is 3.35. The molecule has 1 heterocycles. The first-order chi connectivity index (χ1) is 7.82. The molecule has 0 unspecified atom stereocenters. The first-order valence-corrected chi connectivity index (χ1v) is 6.90. The maximum atomic E-state index is 3.64. The Labute approximate surface area is 113 Å². The molecule has 0 spiro atoms. The molecule has 0 radical (unpaired) electrons. The lowest BCUT2D eigenvalue weighted by atomic mass is 9.80. The summed E-state index contributed by atoms with van der Waals surface area (Å²) in [7, 11) is 0. The van der Waals surface area contributed by atoms with Gasteiger partial charge in [0.2, 0.25) is 0 Å². The van der Waals surface area contributed by atoms with Crippen LogP contribution in [0, 0.1) is 0 Å². The van der Waals surface area contributed by atoms with Gasteiger partial charge in [-0.2, -0.15) is 0 Å². The average molecular weight is 248 g/mol. The van der Waals surface area contributed by atoms with Crippen LogP contribution in [0.4, 0.5) is 0 Å². The highest BCUT2D eigenvalue weighted by Gasteiger charge is 2.30. The zero-order valence-electron chi connectivity index (χ0n) is 13.7. The molecule has 18 heavy (non-hydrogen) atoms. The molecule has 0 bridgehead atoms. The Bertz CT molecular complexity index is 343. The Balaban J connectivity index is 3.49. The lowest BCUT2D eigenvalue weighted by Crippen LogP contribution is -2.34. The van der Waals surface area contributed by atoms with Gasteiger partial charge in [0.15, 0.2) is 11.4 Å². The molecule has 0 fully saturated rings. The van der Waals surface area contributed by atoms with Crippen molar-refractivity contribution in [2.45, 2.75) is 78.6 Å². The summed E-state index contributed by atoms with van der Waals surface area (Å²) in [6.45, 7) is 20.4. The molecular weight excluding hydrogens is 218 g/mol. The second-order valence-corrected chi connectivity index (χ2v) is 8.45. The summed E-state index contributed by atoms with van der Waals surface area (Å²) in [6.07, 6.45) is 0. The molecule has 1 N–H and O–H groups in total. The van der Waals surface area contributed by atoms with Gasteiger partial charge in [-0.15, -0.1) is 0 Å². The van der Waals surface area contributed by atoms with Gasteiger partial charge >= 0.3 is 0 Å². The van der Waals surface area contributed by atoms with Gasteiger partial charge < -0.3 is 0 Å². The van der Waals surface area contributed by atoms with Crippen molar-refractivity contribution in [3.63, 3.8) is 0 Å². The van der Waals surface area contributed by atoms with E-state index >= 15 is 0 Å². The summed E-state index contributed by atoms with van der Waals surface area (Å²) in [4.78, 5) is 3.64. The van der Waals surface area contributed by atoms with Gasteiger partial charge in [0.05, 0.1) is 0 Å². The first-order valence-electron chi connectivity index (χ1n) is 6.90. The zero-order valence-corrected chi connectivity index (χ0v) is 13.7. The van der Waals surface area contributed by atoms with Gasteiger partial charge in [0, 0.05) is 23.0 Å². The van der Waals surface area contributed by atoms with Crippen LogP contribution in [-0.4, -0.2) is 0 Å². The Kier molecular flexibility index (Phi) is 3.69. The second-order valence-electron chi connectivity index (χ2n) is 8.45. The molecule has 0 aliphatic heterocycles. The average Bonchev–Trinajstić information content (AvgIpc) is 2.13. The van der Waals surface area contributed by atoms with Gasteiger partial charge in [0.25, 0.3) is 0 Å². The van der Waals surface area contributed by atoms with Crippen molar-refractivity contribution in [1.82, 2.24) is 0 Å². The van der Waals surface area contributed by atoms with E-state index in [0.717, 1.165) is 0 Å². The molecule has 1 heteroatoms. The van der Waals surface area contributed by atoms with Crippen LogP contribution < -0.4 is 4.98 Å². The van der Waals surface area contributed by atoms with Gasteiger partial charge in [0.1, 0.15) is 0 Å². The molecule has 102 valence electrons. The van der Waals surface area contributed by atoms with E-state index < -0.39 is 0 Å². The van der Waals surface area contributed by atoms with Crippen molar-refractivity contribution in [2.75, 3.05) is 0 Å². The monoisotopic (exact) mass is 248 g/mol. The van der Waals surface area contributed by atoms with Crippen molar-refractivity contribution in [3.05, 3.63) is 29.1 Å². The minimum Gasteiger partial charge on any atom is -0.212 e. The van der Waals surface area contributed by atoms with Crippen LogP contribution in [0.3, 0.4) is 0 Å². The summed E-state index contributed by atoms with van der Waals surface area (Å²) >= 11 is 0. The van der Waals surface area contributed by atoms with E-state index in [9.17, 15) is 0 Å². The molecule has 0 saturated carbocycles. The van der Waals surface area contributed by atoms with Crippen molar-refractivity contribution in [2.24, 2.45) is 0 Å². The SMILES string of the molecule is CC(C)(C)c1cc(C(C)(C)C)[nH+]c(C(C)(C)C)c1. The topological polar surface area (TPSA) is 14.1 Å². The lowest BCUT2D eigenvalue weighted by Gasteiger charge is -2.24. The normalized spacial score (nSPS) is 13.8. The molecular formula is C17H30N+. The fourth-order valence-corrected chi connectivity index (χ4v) is 1.81. The summed E-state index contributed by atoms with van der Waals surface area (Å²) in [5.74, 6) is 0. The standard InChI is InChI=1S/C17H29N/c1-15(2,3)12-10-13(16(4,5)6)18-14(11-12)17(7,8)9/h10-11H,1-9H3/p+1. The first kappa shape index (κ1) is 15.2. The Hall–Kier alpha value is -0.850. The number of aromatic amines is 1. The number of rotatable bonds is 0. The van der Waals surface area contributed by atoms with Gasteiger partial charge in [-0.25, -0.2) is 4.98 Å². The number of hydrogen-bond donors (Lipinski definition) is 0. The molecule has 0 aromatic carbocycles. The maximum Gasteiger partial charge on any atom is 0.185 e. The smallest absolute Gasteiger partial charge is 0.185 e. The van der Waals surface area contributed by atoms with Crippen LogP contribution in [-0.2, 0) is 16.2 Å². The van der Waals surface area contributed by atoms with Gasteiger partial charge in [-0.1, -0.05) is 62.3 Å². The largest absolute Gasteiger partial charge is 0.212 e. The van der Waals surface area contributed by atoms with E-state index in [2.05, 4.69) is 79.4 Å². The molecule has 0 aliphatic carbocycles. The van der Waals surface area contributed by atoms with E-state index in [1.807, 2.05) is 0 Å². The summed E-state index contributed by atoms with van der Waals surface area (Å²) in [5, 5.41) is 0. The van der Waals surface area contributed by atoms with Crippen LogP contribution >= 0.6 is 0 Å². The van der Waals surface area contributed by atoms with E-state index in [-0.39, 0.29) is 16.2 Å². The fraction of sp³-hybridized carbons (Fsp3) is 0.706. The highest BCUT2D eigenvalue weighted by molar-refractivity contribution is 5.28. The highest BCUT2D eigenvalue weighted by atomic mass is 14.8. The minimum atomic E-state index is 0.154. The predicted molar refractivity (Wildman–Crippen MR) is 79.1 cm³/mol. The zero-order chi connectivity index (χ0) is 14.4. The van der Waals surface area contributed by atoms with Crippen molar-refractivity contribution in [1.29, 1.82) is 0 Å². The third kappa shape index (κ3) is 3.57. The van der Waals surface area contributed by atoms with Crippen LogP contribution in [0.25, 0.3) is 0 Å². The summed E-state index contributed by atoms with van der Waals surface area (Å²) in [5.41, 5.74) is 4.55. The molecule has 0 atom stereocenters. The Morgan fingerprint density at radius 1 is 0.611 bits per heavy atom. The van der Waals surface area contributed by atoms with Crippen molar-refractivity contribution in [3.8, 4) is 0 Å². The van der Waals surface area contributed by atoms with Crippen LogP contribution in [0.5, 0.6) is 0 Å². The molecule has 1 rings (SSSR count). The number of aromatic nitrogens is 1. The second kappa shape index (κ2) is 4.36. The Morgan fingerprint density at radius 3 is 1.17 bits per heavy atom. The number of pyridine rings is 1. The summed E-state index contributed by atoms with van der Waals surface area (Å²) in [6, 6.07) is 4.66. The quantitative estimate of drug-likeness (QED) is 0.646. The van der Waals surface area contributed by atoms with Crippen LogP contribution in [0.2, 0.25) is 0 Å². The number of hydrogen-bond acceptors (Lipinski definition) is 0. The minimum absolute atomic E-state index is 0.154. The van der Waals surface area contributed by atoms with Crippen LogP contribution in [0.1, 0.15) is 79.3 Å². The highest BCUT2D eigenvalue weighted by Crippen LogP contribution is 2.29. The van der Waals surface area contributed by atoms with Crippen molar-refractivity contribution < 1.29 is 4.98 Å². The molecule has 0 aliphatic rings. The number of H-pyrrole nitrogens is 1. The molecule has 1 nitrogen and oxygen atoms in total. The van der Waals surface area contributed by atoms with E-state index in [4.69, 9.17) is 0 Å². The lowest BCUT2D eigenvalue weighted by molar-refractivity contribution is -0.414. The molecule has 0 amide bonds. The third-order valence-electron chi connectivity index (χ3n) is 3.35. The van der Waals surface area contributed by atoms with Gasteiger partial charge in [-0.3, -0.25) is 0 Å². The molecule has 0 saturated heterocycles. The molecule has 1 aromatic heterocycles. The van der Waals surface area contributed by atoms with E-state index in [1.54, 1.807) is 0 Å². The predicted octanol–water partition coefficient (Wildman–Crippen LogP) is 4.39. The number of nitrogens with one attached hydrogen (secondary N) is 1. The summed E-state index contributed by atoms with van der Waals surface area (Å²) < 4.78 is 0.